The molecule has 0 saturated carbocycles. The summed E-state index contributed by atoms with van der Waals surface area (Å²) in [7, 11) is 0. The zero-order valence-corrected chi connectivity index (χ0v) is 14.7. The Morgan fingerprint density at radius 2 is 2.04 bits per heavy atom. The maximum Gasteiger partial charge on any atom is 0.272 e. The van der Waals surface area contributed by atoms with E-state index in [4.69, 9.17) is 0 Å². The van der Waals surface area contributed by atoms with Crippen LogP contribution < -0.4 is 5.32 Å². The minimum absolute atomic E-state index is 0.0519. The summed E-state index contributed by atoms with van der Waals surface area (Å²) in [6.45, 7) is 3.32. The molecule has 5 nitrogen and oxygen atoms in total. The highest BCUT2D eigenvalue weighted by Crippen LogP contribution is 2.28. The van der Waals surface area contributed by atoms with E-state index in [-0.39, 0.29) is 11.9 Å². The molecule has 1 amide bonds. The van der Waals surface area contributed by atoms with Crippen LogP contribution in [0.25, 0.3) is 16.6 Å². The van der Waals surface area contributed by atoms with Crippen LogP contribution >= 0.6 is 11.3 Å². The van der Waals surface area contributed by atoms with Crippen molar-refractivity contribution in [2.75, 3.05) is 19.6 Å². The molecule has 1 aromatic carbocycles. The molecule has 3 aliphatic heterocycles. The standard InChI is InChI=1S/C19H20N4OS/c24-19(20-16-11-22-8-5-13(16)6-9-22)18-15-3-1-2-4-17(15)23(21-18)14-7-10-25-12-14/h1-4,7,10,12-13,16H,5-6,8-9,11H2,(H,20,24)/t16-/m1/s1. The van der Waals surface area contributed by atoms with Crippen LogP contribution in [0.5, 0.6) is 0 Å². The highest BCUT2D eigenvalue weighted by Gasteiger charge is 2.35. The van der Waals surface area contributed by atoms with Gasteiger partial charge >= 0.3 is 0 Å². The maximum atomic E-state index is 13.0. The van der Waals surface area contributed by atoms with Gasteiger partial charge in [-0.3, -0.25) is 4.79 Å². The van der Waals surface area contributed by atoms with E-state index in [0.29, 0.717) is 11.6 Å². The Labute approximate surface area is 150 Å². The summed E-state index contributed by atoms with van der Waals surface area (Å²) in [5.41, 5.74) is 2.50. The van der Waals surface area contributed by atoms with E-state index in [1.165, 1.54) is 25.9 Å². The van der Waals surface area contributed by atoms with Gasteiger partial charge < -0.3 is 10.2 Å². The number of hydrogen-bond donors (Lipinski definition) is 1. The summed E-state index contributed by atoms with van der Waals surface area (Å²) < 4.78 is 1.87. The Morgan fingerprint density at radius 3 is 2.76 bits per heavy atom. The molecule has 3 fully saturated rings. The number of fused-ring (bicyclic) bond motifs is 4. The van der Waals surface area contributed by atoms with E-state index < -0.39 is 0 Å². The molecule has 25 heavy (non-hydrogen) atoms. The second-order valence-electron chi connectivity index (χ2n) is 6.98. The number of nitrogens with one attached hydrogen (secondary N) is 1. The molecule has 1 atom stereocenters. The number of aromatic nitrogens is 2. The summed E-state index contributed by atoms with van der Waals surface area (Å²) in [6, 6.07) is 10.2. The number of rotatable bonds is 3. The molecule has 2 bridgehead atoms. The van der Waals surface area contributed by atoms with Gasteiger partial charge in [0.25, 0.3) is 5.91 Å². The average Bonchev–Trinajstić information content (AvgIpc) is 3.30. The van der Waals surface area contributed by atoms with Gasteiger partial charge in [-0.05, 0) is 49.4 Å². The number of carbonyl (C=O) groups excluding carboxylic acids is 1. The van der Waals surface area contributed by atoms with Gasteiger partial charge in [-0.15, -0.1) is 0 Å². The van der Waals surface area contributed by atoms with Gasteiger partial charge in [0.15, 0.2) is 5.69 Å². The molecular weight excluding hydrogens is 332 g/mol. The number of para-hydroxylation sites is 1. The molecule has 3 aromatic rings. The molecule has 5 heterocycles. The number of nitrogens with zero attached hydrogens (tertiary/aromatic N) is 3. The molecule has 0 aliphatic carbocycles. The molecule has 0 radical (unpaired) electrons. The van der Waals surface area contributed by atoms with Gasteiger partial charge in [-0.2, -0.15) is 16.4 Å². The van der Waals surface area contributed by atoms with Gasteiger partial charge in [0.2, 0.25) is 0 Å². The van der Waals surface area contributed by atoms with Gasteiger partial charge in [0.05, 0.1) is 11.2 Å². The van der Waals surface area contributed by atoms with E-state index in [9.17, 15) is 4.79 Å². The number of hydrogen-bond acceptors (Lipinski definition) is 4. The van der Waals surface area contributed by atoms with E-state index in [2.05, 4.69) is 20.7 Å². The van der Waals surface area contributed by atoms with E-state index in [0.717, 1.165) is 23.1 Å². The minimum Gasteiger partial charge on any atom is -0.346 e. The first-order valence-electron chi connectivity index (χ1n) is 8.83. The van der Waals surface area contributed by atoms with Crippen molar-refractivity contribution < 1.29 is 4.79 Å². The monoisotopic (exact) mass is 352 g/mol. The third kappa shape index (κ3) is 2.56. The lowest BCUT2D eigenvalue weighted by Crippen LogP contribution is -2.57. The lowest BCUT2D eigenvalue weighted by Gasteiger charge is -2.44. The van der Waals surface area contributed by atoms with Gasteiger partial charge in [-0.25, -0.2) is 4.68 Å². The van der Waals surface area contributed by atoms with Gasteiger partial charge in [-0.1, -0.05) is 18.2 Å². The summed E-state index contributed by atoms with van der Waals surface area (Å²) in [5, 5.41) is 12.9. The van der Waals surface area contributed by atoms with Gasteiger partial charge in [0, 0.05) is 23.4 Å². The Hall–Kier alpha value is -2.18. The van der Waals surface area contributed by atoms with Crippen molar-refractivity contribution in [1.82, 2.24) is 20.0 Å². The highest BCUT2D eigenvalue weighted by molar-refractivity contribution is 7.08. The SMILES string of the molecule is O=C(N[C@@H]1CN2CCC1CC2)c1nn(-c2ccsc2)c2ccccc12. The van der Waals surface area contributed by atoms with E-state index in [1.54, 1.807) is 11.3 Å². The second kappa shape index (κ2) is 5.97. The van der Waals surface area contributed by atoms with Crippen molar-refractivity contribution in [2.24, 2.45) is 5.92 Å². The molecular formula is C19H20N4OS. The summed E-state index contributed by atoms with van der Waals surface area (Å²) >= 11 is 1.63. The molecule has 128 valence electrons. The zero-order valence-electron chi connectivity index (χ0n) is 13.9. The topological polar surface area (TPSA) is 50.2 Å². The van der Waals surface area contributed by atoms with E-state index >= 15 is 0 Å². The first-order valence-corrected chi connectivity index (χ1v) is 9.77. The van der Waals surface area contributed by atoms with Crippen LogP contribution in [0.1, 0.15) is 23.3 Å². The van der Waals surface area contributed by atoms with E-state index in [1.807, 2.05) is 40.4 Å². The number of piperidine rings is 3. The number of carbonyl (C=O) groups is 1. The van der Waals surface area contributed by atoms with Crippen LogP contribution in [-0.4, -0.2) is 46.3 Å². The van der Waals surface area contributed by atoms with Crippen LogP contribution in [0.3, 0.4) is 0 Å². The normalized spacial score (nSPS) is 25.4. The highest BCUT2D eigenvalue weighted by atomic mass is 32.1. The third-order valence-corrected chi connectivity index (χ3v) is 6.20. The van der Waals surface area contributed by atoms with Crippen LogP contribution in [-0.2, 0) is 0 Å². The van der Waals surface area contributed by atoms with Crippen LogP contribution in [0.4, 0.5) is 0 Å². The van der Waals surface area contributed by atoms with Crippen LogP contribution in [0, 0.1) is 5.92 Å². The van der Waals surface area contributed by atoms with Crippen molar-refractivity contribution in [3.05, 3.63) is 46.8 Å². The van der Waals surface area contributed by atoms with Crippen molar-refractivity contribution >= 4 is 28.1 Å². The third-order valence-electron chi connectivity index (χ3n) is 5.53. The zero-order chi connectivity index (χ0) is 16.8. The van der Waals surface area contributed by atoms with Crippen molar-refractivity contribution in [2.45, 2.75) is 18.9 Å². The molecule has 0 unspecified atom stereocenters. The predicted octanol–water partition coefficient (Wildman–Crippen LogP) is 2.91. The fraction of sp³-hybridized carbons (Fsp3) is 0.368. The molecule has 6 rings (SSSR count). The summed E-state index contributed by atoms with van der Waals surface area (Å²) in [6.07, 6.45) is 2.38. The van der Waals surface area contributed by atoms with Crippen molar-refractivity contribution in [3.8, 4) is 5.69 Å². The Bertz CT molecular complexity index is 909. The minimum atomic E-state index is -0.0519. The molecule has 0 spiro atoms. The fourth-order valence-corrected chi connectivity index (χ4v) is 4.79. The average molecular weight is 352 g/mol. The second-order valence-corrected chi connectivity index (χ2v) is 7.76. The largest absolute Gasteiger partial charge is 0.346 e. The van der Waals surface area contributed by atoms with Crippen molar-refractivity contribution in [1.29, 1.82) is 0 Å². The lowest BCUT2D eigenvalue weighted by atomic mass is 9.84. The van der Waals surface area contributed by atoms with Crippen molar-refractivity contribution in [3.63, 3.8) is 0 Å². The smallest absolute Gasteiger partial charge is 0.272 e. The summed E-state index contributed by atoms with van der Waals surface area (Å²) in [5.74, 6) is 0.558. The molecule has 3 saturated heterocycles. The molecule has 1 N–H and O–H groups in total. The number of amides is 1. The predicted molar refractivity (Wildman–Crippen MR) is 99.4 cm³/mol. The fourth-order valence-electron chi connectivity index (χ4n) is 4.17. The Morgan fingerprint density at radius 1 is 1.20 bits per heavy atom. The van der Waals surface area contributed by atoms with Crippen LogP contribution in [0.15, 0.2) is 41.1 Å². The number of thiophene rings is 1. The van der Waals surface area contributed by atoms with Gasteiger partial charge in [0.1, 0.15) is 0 Å². The lowest BCUT2D eigenvalue weighted by molar-refractivity contribution is 0.0618. The van der Waals surface area contributed by atoms with Crippen LogP contribution in [0.2, 0.25) is 0 Å². The molecule has 6 heteroatoms. The maximum absolute atomic E-state index is 13.0. The number of benzene rings is 1. The molecule has 3 aliphatic rings. The first-order chi connectivity index (χ1) is 12.3. The Kier molecular flexibility index (Phi) is 3.60. The Balaban J connectivity index is 1.49. The quantitative estimate of drug-likeness (QED) is 0.788. The molecule has 2 aromatic heterocycles. The summed E-state index contributed by atoms with van der Waals surface area (Å²) in [4.78, 5) is 15.4. The first kappa shape index (κ1) is 15.1.